The molecule has 0 aliphatic carbocycles. The number of aromatic nitrogens is 3. The van der Waals surface area contributed by atoms with E-state index in [0.717, 1.165) is 6.42 Å². The third-order valence-corrected chi connectivity index (χ3v) is 2.21. The number of aryl methyl sites for hydroxylation is 2. The predicted octanol–water partition coefficient (Wildman–Crippen LogP) is 1.53. The molecule has 16 heavy (non-hydrogen) atoms. The van der Waals surface area contributed by atoms with E-state index in [4.69, 9.17) is 23.2 Å². The van der Waals surface area contributed by atoms with Gasteiger partial charge in [0.1, 0.15) is 17.5 Å². The van der Waals surface area contributed by atoms with Crippen LogP contribution < -0.4 is 5.32 Å². The molecule has 1 N–H and O–H groups in total. The van der Waals surface area contributed by atoms with Gasteiger partial charge in [-0.3, -0.25) is 10.1 Å². The number of alkyl halides is 2. The Bertz CT molecular complexity index is 373. The Labute approximate surface area is 104 Å². The van der Waals surface area contributed by atoms with Gasteiger partial charge in [-0.15, -0.1) is 23.2 Å². The lowest BCUT2D eigenvalue weighted by molar-refractivity contribution is -0.114. The van der Waals surface area contributed by atoms with Crippen LogP contribution in [0.5, 0.6) is 0 Å². The summed E-state index contributed by atoms with van der Waals surface area (Å²) in [5.41, 5.74) is 0. The molecular weight excluding hydrogens is 251 g/mol. The number of hydrogen-bond donors (Lipinski definition) is 1. The van der Waals surface area contributed by atoms with Gasteiger partial charge in [-0.2, -0.15) is 9.97 Å². The van der Waals surface area contributed by atoms with Crippen LogP contribution in [0.2, 0.25) is 0 Å². The van der Waals surface area contributed by atoms with Crippen molar-refractivity contribution in [1.82, 2.24) is 15.0 Å². The highest BCUT2D eigenvalue weighted by Gasteiger charge is 2.06. The largest absolute Gasteiger partial charge is 0.293 e. The zero-order chi connectivity index (χ0) is 12.0. The van der Waals surface area contributed by atoms with Gasteiger partial charge in [0.2, 0.25) is 11.9 Å². The van der Waals surface area contributed by atoms with Gasteiger partial charge < -0.3 is 0 Å². The van der Waals surface area contributed by atoms with E-state index in [0.29, 0.717) is 23.9 Å². The van der Waals surface area contributed by atoms with Gasteiger partial charge in [-0.1, -0.05) is 0 Å². The van der Waals surface area contributed by atoms with Crippen molar-refractivity contribution in [1.29, 1.82) is 0 Å². The number of nitrogens with one attached hydrogen (secondary N) is 1. The first-order chi connectivity index (χ1) is 7.65. The summed E-state index contributed by atoms with van der Waals surface area (Å²) in [4.78, 5) is 23.3. The van der Waals surface area contributed by atoms with Crippen molar-refractivity contribution < 1.29 is 4.79 Å². The SMILES string of the molecule is Cc1nc(CCCCl)nc(NC(=O)CCl)n1. The summed E-state index contributed by atoms with van der Waals surface area (Å²) in [6.45, 7) is 1.74. The molecule has 1 amide bonds. The maximum atomic E-state index is 11.1. The maximum absolute atomic E-state index is 11.1. The van der Waals surface area contributed by atoms with E-state index in [-0.39, 0.29) is 17.7 Å². The summed E-state index contributed by atoms with van der Waals surface area (Å²) in [5, 5.41) is 2.48. The van der Waals surface area contributed by atoms with Crippen LogP contribution in [-0.2, 0) is 11.2 Å². The molecule has 88 valence electrons. The quantitative estimate of drug-likeness (QED) is 0.818. The first-order valence-electron chi connectivity index (χ1n) is 4.79. The molecule has 7 heteroatoms. The number of halogens is 2. The van der Waals surface area contributed by atoms with Gasteiger partial charge in [0.15, 0.2) is 0 Å². The second kappa shape index (κ2) is 6.60. The van der Waals surface area contributed by atoms with E-state index in [9.17, 15) is 4.79 Å². The van der Waals surface area contributed by atoms with Crippen molar-refractivity contribution in [2.75, 3.05) is 17.1 Å². The second-order valence-corrected chi connectivity index (χ2v) is 3.74. The monoisotopic (exact) mass is 262 g/mol. The van der Waals surface area contributed by atoms with Crippen molar-refractivity contribution in [3.8, 4) is 0 Å². The smallest absolute Gasteiger partial charge is 0.241 e. The third kappa shape index (κ3) is 4.28. The molecule has 0 saturated carbocycles. The Hall–Kier alpha value is -0.940. The second-order valence-electron chi connectivity index (χ2n) is 3.10. The van der Waals surface area contributed by atoms with Crippen LogP contribution in [0.15, 0.2) is 0 Å². The van der Waals surface area contributed by atoms with Crippen molar-refractivity contribution in [2.45, 2.75) is 19.8 Å². The molecule has 0 saturated heterocycles. The highest BCUT2D eigenvalue weighted by molar-refractivity contribution is 6.28. The summed E-state index contributed by atoms with van der Waals surface area (Å²) in [6, 6.07) is 0. The molecule has 1 heterocycles. The van der Waals surface area contributed by atoms with Gasteiger partial charge in [0.25, 0.3) is 0 Å². The van der Waals surface area contributed by atoms with Crippen molar-refractivity contribution in [2.24, 2.45) is 0 Å². The van der Waals surface area contributed by atoms with E-state index in [1.165, 1.54) is 0 Å². The number of hydrogen-bond acceptors (Lipinski definition) is 4. The fourth-order valence-corrected chi connectivity index (χ4v) is 1.29. The Balaban J connectivity index is 2.77. The Kier molecular flexibility index (Phi) is 5.42. The standard InChI is InChI=1S/C9H12Cl2N4O/c1-6-12-7(3-2-4-10)14-9(13-6)15-8(16)5-11/h2-5H2,1H3,(H,12,13,14,15,16). The summed E-state index contributed by atoms with van der Waals surface area (Å²) >= 11 is 10.9. The molecule has 0 radical (unpaired) electrons. The molecule has 1 rings (SSSR count). The average molecular weight is 263 g/mol. The fourth-order valence-electron chi connectivity index (χ4n) is 1.09. The molecule has 0 spiro atoms. The molecular formula is C9H12Cl2N4O. The number of carbonyl (C=O) groups excluding carboxylic acids is 1. The van der Waals surface area contributed by atoms with Gasteiger partial charge in [0, 0.05) is 12.3 Å². The van der Waals surface area contributed by atoms with Crippen LogP contribution in [0.4, 0.5) is 5.95 Å². The number of rotatable bonds is 5. The molecule has 1 aromatic heterocycles. The van der Waals surface area contributed by atoms with Crippen LogP contribution in [0.3, 0.4) is 0 Å². The van der Waals surface area contributed by atoms with Crippen LogP contribution in [0, 0.1) is 6.92 Å². The first-order valence-corrected chi connectivity index (χ1v) is 5.86. The third-order valence-electron chi connectivity index (χ3n) is 1.70. The summed E-state index contributed by atoms with van der Waals surface area (Å²) in [5.74, 6) is 1.51. The zero-order valence-electron chi connectivity index (χ0n) is 8.83. The van der Waals surface area contributed by atoms with Crippen LogP contribution in [0.25, 0.3) is 0 Å². The number of anilines is 1. The predicted molar refractivity (Wildman–Crippen MR) is 63.0 cm³/mol. The number of carbonyl (C=O) groups is 1. The lowest BCUT2D eigenvalue weighted by Gasteiger charge is -2.04. The van der Waals surface area contributed by atoms with E-state index < -0.39 is 0 Å². The molecule has 0 aliphatic heterocycles. The van der Waals surface area contributed by atoms with Crippen LogP contribution >= 0.6 is 23.2 Å². The molecule has 5 nitrogen and oxygen atoms in total. The first kappa shape index (κ1) is 13.1. The fraction of sp³-hybridized carbons (Fsp3) is 0.556. The van der Waals surface area contributed by atoms with E-state index in [1.54, 1.807) is 6.92 Å². The van der Waals surface area contributed by atoms with Crippen LogP contribution in [0.1, 0.15) is 18.1 Å². The van der Waals surface area contributed by atoms with E-state index in [2.05, 4.69) is 20.3 Å². The van der Waals surface area contributed by atoms with Crippen LogP contribution in [-0.4, -0.2) is 32.6 Å². The maximum Gasteiger partial charge on any atom is 0.241 e. The molecule has 0 fully saturated rings. The Morgan fingerprint density at radius 3 is 2.69 bits per heavy atom. The minimum absolute atomic E-state index is 0.123. The number of amides is 1. The lowest BCUT2D eigenvalue weighted by Crippen LogP contribution is -2.16. The molecule has 0 unspecified atom stereocenters. The summed E-state index contributed by atoms with van der Waals surface area (Å²) in [7, 11) is 0. The van der Waals surface area contributed by atoms with Gasteiger partial charge in [0.05, 0.1) is 0 Å². The molecule has 0 aromatic carbocycles. The highest BCUT2D eigenvalue weighted by Crippen LogP contribution is 2.04. The summed E-state index contributed by atoms with van der Waals surface area (Å²) < 4.78 is 0. The van der Waals surface area contributed by atoms with Crippen molar-refractivity contribution in [3.05, 3.63) is 11.6 Å². The number of nitrogens with zero attached hydrogens (tertiary/aromatic N) is 3. The minimum Gasteiger partial charge on any atom is -0.293 e. The average Bonchev–Trinajstić information content (AvgIpc) is 2.25. The topological polar surface area (TPSA) is 67.8 Å². The lowest BCUT2D eigenvalue weighted by atomic mass is 10.3. The highest BCUT2D eigenvalue weighted by atomic mass is 35.5. The molecule has 0 bridgehead atoms. The normalized spacial score (nSPS) is 10.2. The van der Waals surface area contributed by atoms with Gasteiger partial charge in [-0.05, 0) is 13.3 Å². The Morgan fingerprint density at radius 1 is 1.31 bits per heavy atom. The minimum atomic E-state index is -0.337. The Morgan fingerprint density at radius 2 is 2.06 bits per heavy atom. The van der Waals surface area contributed by atoms with Crippen molar-refractivity contribution in [3.63, 3.8) is 0 Å². The van der Waals surface area contributed by atoms with Crippen molar-refractivity contribution >= 4 is 35.1 Å². The zero-order valence-corrected chi connectivity index (χ0v) is 10.3. The van der Waals surface area contributed by atoms with E-state index in [1.807, 2.05) is 0 Å². The van der Waals surface area contributed by atoms with Gasteiger partial charge >= 0.3 is 0 Å². The molecule has 1 aromatic rings. The van der Waals surface area contributed by atoms with Gasteiger partial charge in [-0.25, -0.2) is 4.98 Å². The molecule has 0 aliphatic rings. The van der Waals surface area contributed by atoms with E-state index >= 15 is 0 Å². The molecule has 0 atom stereocenters. The summed E-state index contributed by atoms with van der Waals surface area (Å²) in [6.07, 6.45) is 1.45.